The molecule has 0 amide bonds. The second-order valence-electron chi connectivity index (χ2n) is 14.5. The minimum absolute atomic E-state index is 0.145. The van der Waals surface area contributed by atoms with Gasteiger partial charge in [0.05, 0.1) is 0 Å². The van der Waals surface area contributed by atoms with Gasteiger partial charge in [0.2, 0.25) is 0 Å². The second-order valence-corrected chi connectivity index (χ2v) is 14.5. The third kappa shape index (κ3) is 5.10. The Bertz CT molecular complexity index is 2760. The van der Waals surface area contributed by atoms with Gasteiger partial charge < -0.3 is 9.32 Å². The summed E-state index contributed by atoms with van der Waals surface area (Å²) in [6.07, 6.45) is 0. The van der Waals surface area contributed by atoms with Crippen LogP contribution in [0.4, 0.5) is 17.1 Å². The van der Waals surface area contributed by atoms with Crippen LogP contribution < -0.4 is 4.90 Å². The van der Waals surface area contributed by atoms with Gasteiger partial charge in [0.1, 0.15) is 11.2 Å². The van der Waals surface area contributed by atoms with Crippen molar-refractivity contribution in [2.45, 2.75) is 19.3 Å². The molecule has 0 aliphatic heterocycles. The number of rotatable bonds is 6. The summed E-state index contributed by atoms with van der Waals surface area (Å²) in [4.78, 5) is 2.31. The summed E-state index contributed by atoms with van der Waals surface area (Å²) in [5.41, 5.74) is 17.4. The monoisotopic (exact) mass is 679 g/mol. The van der Waals surface area contributed by atoms with Gasteiger partial charge in [0.25, 0.3) is 0 Å². The fraction of sp³-hybridized carbons (Fsp3) is 0.0588. The van der Waals surface area contributed by atoms with E-state index in [2.05, 4.69) is 207 Å². The number of benzene rings is 8. The number of hydrogen-bond donors (Lipinski definition) is 0. The van der Waals surface area contributed by atoms with Crippen LogP contribution in [0.1, 0.15) is 25.0 Å². The quantitative estimate of drug-likeness (QED) is 0.174. The SMILES string of the molecule is CC1(C)c2ccccc2-c2c1cc1oc3cc(N(c4ccccc4)c4ccc(-c5ccc(-c6ccccc6)cc5)cc4)ccc3c1c2-c1ccccc1. The zero-order valence-corrected chi connectivity index (χ0v) is 29.8. The predicted molar refractivity (Wildman–Crippen MR) is 222 cm³/mol. The van der Waals surface area contributed by atoms with Crippen LogP contribution in [0, 0.1) is 0 Å². The second kappa shape index (κ2) is 12.3. The Labute approximate surface area is 310 Å². The van der Waals surface area contributed by atoms with Crippen LogP contribution in [-0.4, -0.2) is 0 Å². The van der Waals surface area contributed by atoms with Crippen molar-refractivity contribution in [3.8, 4) is 44.5 Å². The van der Waals surface area contributed by atoms with Crippen LogP contribution in [0.2, 0.25) is 0 Å². The van der Waals surface area contributed by atoms with Crippen molar-refractivity contribution in [3.63, 3.8) is 0 Å². The molecule has 53 heavy (non-hydrogen) atoms. The van der Waals surface area contributed by atoms with Crippen LogP contribution in [-0.2, 0) is 5.41 Å². The summed E-state index contributed by atoms with van der Waals surface area (Å²) in [5, 5.41) is 2.28. The van der Waals surface area contributed by atoms with Crippen molar-refractivity contribution in [1.82, 2.24) is 0 Å². The first-order valence-corrected chi connectivity index (χ1v) is 18.3. The zero-order valence-electron chi connectivity index (χ0n) is 29.8. The zero-order chi connectivity index (χ0) is 35.5. The highest BCUT2D eigenvalue weighted by Gasteiger charge is 2.38. The standard InChI is InChI=1S/C51H37NO/c1-51(2)44-21-13-12-20-42(44)49-45(51)33-47-50(48(49)38-16-8-4-9-17-38)43-31-30-41(32-46(43)53-47)52(39-18-10-5-11-19-39)40-28-26-37(27-29-40)36-24-22-35(23-25-36)34-14-6-3-7-15-34/h3-33H,1-2H3. The Morgan fingerprint density at radius 3 is 1.57 bits per heavy atom. The number of anilines is 3. The van der Waals surface area contributed by atoms with Gasteiger partial charge in [-0.3, -0.25) is 0 Å². The normalized spacial score (nSPS) is 12.9. The molecule has 0 N–H and O–H groups in total. The van der Waals surface area contributed by atoms with Crippen molar-refractivity contribution >= 4 is 39.0 Å². The molecule has 2 nitrogen and oxygen atoms in total. The van der Waals surface area contributed by atoms with Crippen LogP contribution in [0.15, 0.2) is 192 Å². The predicted octanol–water partition coefficient (Wildman–Crippen LogP) is 14.4. The van der Waals surface area contributed by atoms with Crippen molar-refractivity contribution in [1.29, 1.82) is 0 Å². The average molecular weight is 680 g/mol. The summed E-state index contributed by atoms with van der Waals surface area (Å²) in [6, 6.07) is 67.5. The summed E-state index contributed by atoms with van der Waals surface area (Å²) < 4.78 is 6.89. The molecule has 0 spiro atoms. The minimum Gasteiger partial charge on any atom is -0.456 e. The lowest BCUT2D eigenvalue weighted by atomic mass is 9.81. The van der Waals surface area contributed by atoms with Crippen LogP contribution in [0.25, 0.3) is 66.4 Å². The molecule has 0 atom stereocenters. The van der Waals surface area contributed by atoms with Gasteiger partial charge >= 0.3 is 0 Å². The van der Waals surface area contributed by atoms with Gasteiger partial charge in [0, 0.05) is 44.9 Å². The average Bonchev–Trinajstić information content (AvgIpc) is 3.69. The largest absolute Gasteiger partial charge is 0.456 e. The highest BCUT2D eigenvalue weighted by molar-refractivity contribution is 6.18. The van der Waals surface area contributed by atoms with Crippen LogP contribution in [0.3, 0.4) is 0 Å². The van der Waals surface area contributed by atoms with Crippen LogP contribution >= 0.6 is 0 Å². The van der Waals surface area contributed by atoms with Crippen molar-refractivity contribution in [3.05, 3.63) is 199 Å². The van der Waals surface area contributed by atoms with E-state index in [-0.39, 0.29) is 5.41 Å². The Hall–Kier alpha value is -6.64. The summed E-state index contributed by atoms with van der Waals surface area (Å²) >= 11 is 0. The molecular formula is C51H37NO. The molecule has 0 saturated heterocycles. The van der Waals surface area contributed by atoms with E-state index in [1.165, 1.54) is 55.6 Å². The van der Waals surface area contributed by atoms with Gasteiger partial charge in [0.15, 0.2) is 0 Å². The number of para-hydroxylation sites is 1. The van der Waals surface area contributed by atoms with E-state index in [9.17, 15) is 0 Å². The lowest BCUT2D eigenvalue weighted by Gasteiger charge is -2.25. The number of nitrogens with zero attached hydrogens (tertiary/aromatic N) is 1. The van der Waals surface area contributed by atoms with Crippen molar-refractivity contribution in [2.24, 2.45) is 0 Å². The molecule has 0 saturated carbocycles. The van der Waals surface area contributed by atoms with E-state index < -0.39 is 0 Å². The molecule has 1 aliphatic rings. The number of furan rings is 1. The summed E-state index contributed by atoms with van der Waals surface area (Å²) in [7, 11) is 0. The first-order chi connectivity index (χ1) is 26.0. The molecule has 1 aromatic heterocycles. The number of hydrogen-bond acceptors (Lipinski definition) is 2. The minimum atomic E-state index is -0.145. The highest BCUT2D eigenvalue weighted by Crippen LogP contribution is 2.55. The van der Waals surface area contributed by atoms with E-state index in [1.54, 1.807) is 0 Å². The smallest absolute Gasteiger partial charge is 0.137 e. The highest BCUT2D eigenvalue weighted by atomic mass is 16.3. The molecule has 8 aromatic carbocycles. The van der Waals surface area contributed by atoms with E-state index in [1.807, 2.05) is 0 Å². The lowest BCUT2D eigenvalue weighted by Crippen LogP contribution is -2.14. The van der Waals surface area contributed by atoms with Gasteiger partial charge in [-0.1, -0.05) is 153 Å². The van der Waals surface area contributed by atoms with Crippen LogP contribution in [0.5, 0.6) is 0 Å². The molecule has 0 bridgehead atoms. The molecule has 9 aromatic rings. The topological polar surface area (TPSA) is 16.4 Å². The molecule has 0 unspecified atom stereocenters. The fourth-order valence-electron chi connectivity index (χ4n) is 8.44. The maximum atomic E-state index is 6.89. The van der Waals surface area contributed by atoms with Gasteiger partial charge in [-0.05, 0) is 92.5 Å². The Kier molecular flexibility index (Phi) is 7.19. The Morgan fingerprint density at radius 1 is 0.396 bits per heavy atom. The third-order valence-electron chi connectivity index (χ3n) is 11.1. The van der Waals surface area contributed by atoms with Gasteiger partial charge in [-0.25, -0.2) is 0 Å². The van der Waals surface area contributed by atoms with Gasteiger partial charge in [-0.15, -0.1) is 0 Å². The number of fused-ring (bicyclic) bond motifs is 6. The fourth-order valence-corrected chi connectivity index (χ4v) is 8.44. The molecular weight excluding hydrogens is 643 g/mol. The molecule has 10 rings (SSSR count). The summed E-state index contributed by atoms with van der Waals surface area (Å²) in [5.74, 6) is 0. The first-order valence-electron chi connectivity index (χ1n) is 18.3. The molecule has 0 radical (unpaired) electrons. The molecule has 1 aliphatic carbocycles. The van der Waals surface area contributed by atoms with E-state index in [0.717, 1.165) is 39.0 Å². The lowest BCUT2D eigenvalue weighted by molar-refractivity contribution is 0.647. The molecule has 0 fully saturated rings. The van der Waals surface area contributed by atoms with E-state index >= 15 is 0 Å². The Balaban J connectivity index is 1.10. The van der Waals surface area contributed by atoms with Crippen molar-refractivity contribution in [2.75, 3.05) is 4.90 Å². The van der Waals surface area contributed by atoms with E-state index in [0.29, 0.717) is 0 Å². The molecule has 252 valence electrons. The first kappa shape index (κ1) is 31.1. The third-order valence-corrected chi connectivity index (χ3v) is 11.1. The Morgan fingerprint density at radius 2 is 0.906 bits per heavy atom. The van der Waals surface area contributed by atoms with Gasteiger partial charge in [-0.2, -0.15) is 0 Å². The van der Waals surface area contributed by atoms with E-state index in [4.69, 9.17) is 4.42 Å². The molecule has 2 heteroatoms. The van der Waals surface area contributed by atoms with Crippen molar-refractivity contribution < 1.29 is 4.42 Å². The maximum Gasteiger partial charge on any atom is 0.137 e. The molecule has 1 heterocycles. The summed E-state index contributed by atoms with van der Waals surface area (Å²) in [6.45, 7) is 4.67. The maximum absolute atomic E-state index is 6.89.